The van der Waals surface area contributed by atoms with Gasteiger partial charge in [-0.2, -0.15) is 0 Å². The third-order valence-electron chi connectivity index (χ3n) is 6.27. The topological polar surface area (TPSA) is 52.7 Å². The molecule has 0 aromatic heterocycles. The van der Waals surface area contributed by atoms with Gasteiger partial charge in [0.15, 0.2) is 0 Å². The third kappa shape index (κ3) is 5.45. The van der Waals surface area contributed by atoms with Gasteiger partial charge in [0.05, 0.1) is 0 Å². The molecule has 4 rings (SSSR count). The maximum absolute atomic E-state index is 13.1. The fourth-order valence-electron chi connectivity index (χ4n) is 4.42. The van der Waals surface area contributed by atoms with Crippen molar-refractivity contribution in [2.75, 3.05) is 37.6 Å². The van der Waals surface area contributed by atoms with Crippen LogP contribution in [0.1, 0.15) is 29.6 Å². The van der Waals surface area contributed by atoms with Gasteiger partial charge in [-0.1, -0.05) is 22.0 Å². The Morgan fingerprint density at radius 1 is 1.03 bits per heavy atom. The molecule has 2 heterocycles. The van der Waals surface area contributed by atoms with Crippen LogP contribution in [0.5, 0.6) is 0 Å². The van der Waals surface area contributed by atoms with Crippen molar-refractivity contribution in [2.45, 2.75) is 19.3 Å². The van der Waals surface area contributed by atoms with E-state index in [1.165, 1.54) is 30.0 Å². The van der Waals surface area contributed by atoms with Crippen molar-refractivity contribution in [3.05, 3.63) is 64.4 Å². The molecular weight excluding hydrogens is 461 g/mol. The smallest absolute Gasteiger partial charge is 0.253 e. The number of amides is 2. The minimum absolute atomic E-state index is 0.0557. The van der Waals surface area contributed by atoms with Crippen LogP contribution in [0.4, 0.5) is 10.1 Å². The molecule has 2 aromatic rings. The summed E-state index contributed by atoms with van der Waals surface area (Å²) in [6, 6.07) is 13.9. The van der Waals surface area contributed by atoms with E-state index in [1.807, 2.05) is 12.1 Å². The zero-order chi connectivity index (χ0) is 21.8. The normalized spacial score (nSPS) is 19.5. The zero-order valence-corrected chi connectivity index (χ0v) is 19.0. The monoisotopic (exact) mass is 487 g/mol. The Kier molecular flexibility index (Phi) is 6.90. The molecule has 2 aliphatic rings. The Bertz CT molecular complexity index is 929. The lowest BCUT2D eigenvalue weighted by molar-refractivity contribution is -0.126. The molecule has 2 saturated heterocycles. The van der Waals surface area contributed by atoms with Gasteiger partial charge in [-0.15, -0.1) is 0 Å². The molecule has 2 aliphatic heterocycles. The lowest BCUT2D eigenvalue weighted by atomic mass is 9.95. The summed E-state index contributed by atoms with van der Waals surface area (Å²) in [6.45, 7) is 3.74. The van der Waals surface area contributed by atoms with Gasteiger partial charge >= 0.3 is 0 Å². The van der Waals surface area contributed by atoms with E-state index in [1.54, 1.807) is 4.90 Å². The summed E-state index contributed by atoms with van der Waals surface area (Å²) in [4.78, 5) is 29.3. The highest BCUT2D eigenvalue weighted by Gasteiger charge is 2.29. The first-order valence-corrected chi connectivity index (χ1v) is 11.6. The quantitative estimate of drug-likeness (QED) is 0.690. The van der Waals surface area contributed by atoms with Crippen molar-refractivity contribution >= 4 is 33.4 Å². The number of carbonyl (C=O) groups excluding carboxylic acids is 2. The number of nitrogens with zero attached hydrogens (tertiary/aromatic N) is 2. The summed E-state index contributed by atoms with van der Waals surface area (Å²) in [5.41, 5.74) is 1.70. The van der Waals surface area contributed by atoms with Crippen molar-refractivity contribution in [2.24, 2.45) is 11.8 Å². The number of piperidine rings is 1. The molecule has 1 unspecified atom stereocenters. The molecule has 5 nitrogen and oxygen atoms in total. The van der Waals surface area contributed by atoms with Crippen LogP contribution in [0.25, 0.3) is 0 Å². The van der Waals surface area contributed by atoms with Crippen LogP contribution in [0.3, 0.4) is 0 Å². The van der Waals surface area contributed by atoms with Crippen molar-refractivity contribution in [1.82, 2.24) is 10.2 Å². The molecule has 1 N–H and O–H groups in total. The number of hydrogen-bond donors (Lipinski definition) is 1. The Balaban J connectivity index is 1.21. The Morgan fingerprint density at radius 2 is 1.77 bits per heavy atom. The molecular formula is C24H27BrFN3O2. The van der Waals surface area contributed by atoms with Crippen LogP contribution in [0.2, 0.25) is 0 Å². The van der Waals surface area contributed by atoms with Crippen LogP contribution < -0.4 is 10.2 Å². The van der Waals surface area contributed by atoms with Crippen molar-refractivity contribution < 1.29 is 14.0 Å². The van der Waals surface area contributed by atoms with E-state index in [0.29, 0.717) is 44.0 Å². The molecule has 31 heavy (non-hydrogen) atoms. The van der Waals surface area contributed by atoms with Crippen LogP contribution in [0, 0.1) is 17.7 Å². The predicted octanol–water partition coefficient (Wildman–Crippen LogP) is 4.08. The Labute approximate surface area is 190 Å². The number of likely N-dealkylation sites (tertiary alicyclic amines) is 1. The summed E-state index contributed by atoms with van der Waals surface area (Å²) in [5.74, 6) is 0.0316. The first-order chi connectivity index (χ1) is 15.0. The molecule has 1 atom stereocenters. The molecule has 0 aliphatic carbocycles. The zero-order valence-electron chi connectivity index (χ0n) is 17.4. The third-order valence-corrected chi connectivity index (χ3v) is 6.76. The standard InChI is InChI=1S/C24H27BrFN3O2/c25-20-2-1-3-22(14-20)29-11-8-17(16-29)15-27-23(30)18-9-12-28(13-10-18)24(31)19-4-6-21(26)7-5-19/h1-7,14,17-18H,8-13,15-16H2,(H,27,30). The van der Waals surface area contributed by atoms with Crippen molar-refractivity contribution in [1.29, 1.82) is 0 Å². The average molecular weight is 488 g/mol. The number of carbonyl (C=O) groups is 2. The van der Waals surface area contributed by atoms with Gasteiger partial charge in [-0.3, -0.25) is 9.59 Å². The second-order valence-electron chi connectivity index (χ2n) is 8.40. The molecule has 0 bridgehead atoms. The lowest BCUT2D eigenvalue weighted by Crippen LogP contribution is -2.44. The summed E-state index contributed by atoms with van der Waals surface area (Å²) < 4.78 is 14.1. The molecule has 2 aromatic carbocycles. The number of benzene rings is 2. The summed E-state index contributed by atoms with van der Waals surface area (Å²) >= 11 is 3.52. The first-order valence-electron chi connectivity index (χ1n) is 10.8. The molecule has 2 amide bonds. The number of halogens is 2. The fraction of sp³-hybridized carbons (Fsp3) is 0.417. The maximum Gasteiger partial charge on any atom is 0.253 e. The lowest BCUT2D eigenvalue weighted by Gasteiger charge is -2.31. The van der Waals surface area contributed by atoms with Gasteiger partial charge in [-0.25, -0.2) is 4.39 Å². The second-order valence-corrected chi connectivity index (χ2v) is 9.31. The van der Waals surface area contributed by atoms with E-state index in [0.717, 1.165) is 24.0 Å². The fourth-order valence-corrected chi connectivity index (χ4v) is 4.80. The van der Waals surface area contributed by atoms with Crippen LogP contribution >= 0.6 is 15.9 Å². The highest BCUT2D eigenvalue weighted by molar-refractivity contribution is 9.10. The molecule has 0 saturated carbocycles. The average Bonchev–Trinajstić information content (AvgIpc) is 3.27. The second kappa shape index (κ2) is 9.81. The van der Waals surface area contributed by atoms with Gasteiger partial charge in [0.2, 0.25) is 5.91 Å². The van der Waals surface area contributed by atoms with Gasteiger partial charge in [0.25, 0.3) is 5.91 Å². The SMILES string of the molecule is O=C(NCC1CCN(c2cccc(Br)c2)C1)C1CCN(C(=O)c2ccc(F)cc2)CC1. The predicted molar refractivity (Wildman–Crippen MR) is 122 cm³/mol. The van der Waals surface area contributed by atoms with Gasteiger partial charge in [0, 0.05) is 54.4 Å². The Morgan fingerprint density at radius 3 is 2.48 bits per heavy atom. The molecule has 2 fully saturated rings. The minimum atomic E-state index is -0.353. The summed E-state index contributed by atoms with van der Waals surface area (Å²) in [6.07, 6.45) is 2.39. The van der Waals surface area contributed by atoms with Crippen molar-refractivity contribution in [3.8, 4) is 0 Å². The summed E-state index contributed by atoms with van der Waals surface area (Å²) in [7, 11) is 0. The van der Waals surface area contributed by atoms with Crippen LogP contribution in [-0.4, -0.2) is 49.4 Å². The van der Waals surface area contributed by atoms with Gasteiger partial charge < -0.3 is 15.1 Å². The van der Waals surface area contributed by atoms with Gasteiger partial charge in [0.1, 0.15) is 5.82 Å². The Hall–Kier alpha value is -2.41. The van der Waals surface area contributed by atoms with Crippen LogP contribution in [-0.2, 0) is 4.79 Å². The van der Waals surface area contributed by atoms with Gasteiger partial charge in [-0.05, 0) is 67.6 Å². The number of nitrogens with one attached hydrogen (secondary N) is 1. The van der Waals surface area contributed by atoms with E-state index >= 15 is 0 Å². The van der Waals surface area contributed by atoms with Crippen LogP contribution in [0.15, 0.2) is 53.0 Å². The molecule has 7 heteroatoms. The first kappa shape index (κ1) is 21.8. The summed E-state index contributed by atoms with van der Waals surface area (Å²) in [5, 5.41) is 3.14. The number of rotatable bonds is 5. The molecule has 0 spiro atoms. The largest absolute Gasteiger partial charge is 0.371 e. The molecule has 0 radical (unpaired) electrons. The molecule has 164 valence electrons. The van der Waals surface area contributed by atoms with Crippen molar-refractivity contribution in [3.63, 3.8) is 0 Å². The van der Waals surface area contributed by atoms with E-state index in [4.69, 9.17) is 0 Å². The van der Waals surface area contributed by atoms with E-state index in [9.17, 15) is 14.0 Å². The number of anilines is 1. The highest BCUT2D eigenvalue weighted by Crippen LogP contribution is 2.26. The van der Waals surface area contributed by atoms with E-state index < -0.39 is 0 Å². The van der Waals surface area contributed by atoms with E-state index in [-0.39, 0.29) is 23.5 Å². The van der Waals surface area contributed by atoms with E-state index in [2.05, 4.69) is 38.3 Å². The minimum Gasteiger partial charge on any atom is -0.371 e. The highest BCUT2D eigenvalue weighted by atomic mass is 79.9. The maximum atomic E-state index is 13.1. The number of hydrogen-bond acceptors (Lipinski definition) is 3.